The highest BCUT2D eigenvalue weighted by Crippen LogP contribution is 2.28. The molecular weight excluding hydrogens is 480 g/mol. The number of nitrogens with one attached hydrogen (secondary N) is 1. The fraction of sp³-hybridized carbons (Fsp3) is 0.577. The normalized spacial score (nSPS) is 15.4. The Hall–Kier alpha value is -3.47. The first-order valence-corrected chi connectivity index (χ1v) is 12.3. The van der Waals surface area contributed by atoms with Gasteiger partial charge in [0.15, 0.2) is 0 Å². The number of nitrogens with two attached hydrogens (primary N) is 1. The zero-order valence-corrected chi connectivity index (χ0v) is 22.5. The summed E-state index contributed by atoms with van der Waals surface area (Å²) in [6.07, 6.45) is 0.396. The lowest BCUT2D eigenvalue weighted by atomic mass is 10.0. The summed E-state index contributed by atoms with van der Waals surface area (Å²) in [6, 6.07) is 3.57. The summed E-state index contributed by atoms with van der Waals surface area (Å²) in [5.41, 5.74) is 6.62. The van der Waals surface area contributed by atoms with E-state index in [1.54, 1.807) is 59.9 Å². The number of fused-ring (bicyclic) bond motifs is 1. The van der Waals surface area contributed by atoms with Gasteiger partial charge in [-0.25, -0.2) is 0 Å². The summed E-state index contributed by atoms with van der Waals surface area (Å²) >= 11 is 0. The van der Waals surface area contributed by atoms with Crippen LogP contribution >= 0.6 is 0 Å². The van der Waals surface area contributed by atoms with Crippen molar-refractivity contribution in [1.29, 1.82) is 0 Å². The monoisotopic (exact) mass is 518 g/mol. The van der Waals surface area contributed by atoms with Crippen molar-refractivity contribution in [2.45, 2.75) is 71.6 Å². The molecule has 3 N–H and O–H groups in total. The highest BCUT2D eigenvalue weighted by molar-refractivity contribution is 6.09. The zero-order valence-electron chi connectivity index (χ0n) is 22.5. The summed E-state index contributed by atoms with van der Waals surface area (Å²) in [5, 5.41) is 2.63. The van der Waals surface area contributed by atoms with E-state index in [9.17, 15) is 24.0 Å². The van der Waals surface area contributed by atoms with E-state index in [0.717, 1.165) is 5.56 Å². The van der Waals surface area contributed by atoms with Crippen molar-refractivity contribution in [2.24, 2.45) is 5.73 Å². The molecule has 2 atom stereocenters. The summed E-state index contributed by atoms with van der Waals surface area (Å²) in [6.45, 7) is 8.60. The minimum absolute atomic E-state index is 0.0306. The first-order valence-electron chi connectivity index (χ1n) is 12.3. The third-order valence-corrected chi connectivity index (χ3v) is 5.76. The molecule has 0 spiro atoms. The van der Waals surface area contributed by atoms with Crippen LogP contribution in [0.25, 0.3) is 0 Å². The van der Waals surface area contributed by atoms with Gasteiger partial charge in [-0.15, -0.1) is 0 Å². The number of aryl methyl sites for hydroxylation is 1. The number of benzene rings is 1. The van der Waals surface area contributed by atoms with Crippen molar-refractivity contribution >= 4 is 35.3 Å². The van der Waals surface area contributed by atoms with Gasteiger partial charge in [-0.3, -0.25) is 24.0 Å². The van der Waals surface area contributed by atoms with E-state index in [1.807, 2.05) is 0 Å². The van der Waals surface area contributed by atoms with Crippen LogP contribution in [-0.4, -0.2) is 79.0 Å². The summed E-state index contributed by atoms with van der Waals surface area (Å²) in [7, 11) is 1.59. The maximum absolute atomic E-state index is 13.4. The van der Waals surface area contributed by atoms with E-state index in [2.05, 4.69) is 5.32 Å². The standard InChI is InChI=1S/C26H38N4O7/c1-7-36-23(33)12-16(2)30-15-22(32)29(6)20-10-8-17(13-18(20)24(30)34)9-11-21(31)28-14-19(27)25(35)37-26(3,4)5/h8,10,13,16,19H,7,9,11-12,14-15,27H2,1-6H3,(H,28,31). The number of likely N-dealkylation sites (N-methyl/N-ethyl adjacent to an activating group) is 1. The van der Waals surface area contributed by atoms with E-state index in [0.29, 0.717) is 17.7 Å². The first-order chi connectivity index (χ1) is 17.2. The molecule has 0 aromatic heterocycles. The molecule has 1 heterocycles. The first kappa shape index (κ1) is 29.8. The Bertz CT molecular complexity index is 1030. The minimum atomic E-state index is -0.982. The Morgan fingerprint density at radius 2 is 1.86 bits per heavy atom. The second-order valence-electron chi connectivity index (χ2n) is 10.0. The van der Waals surface area contributed by atoms with Gasteiger partial charge in [-0.1, -0.05) is 6.07 Å². The maximum atomic E-state index is 13.4. The topological polar surface area (TPSA) is 148 Å². The van der Waals surface area contributed by atoms with Crippen LogP contribution in [0.4, 0.5) is 5.69 Å². The van der Waals surface area contributed by atoms with Crippen LogP contribution in [-0.2, 0) is 35.1 Å². The molecule has 1 aromatic rings. The molecule has 0 radical (unpaired) electrons. The number of amides is 3. The van der Waals surface area contributed by atoms with Gasteiger partial charge in [0.05, 0.1) is 24.3 Å². The molecule has 1 aromatic carbocycles. The van der Waals surface area contributed by atoms with E-state index < -0.39 is 29.6 Å². The number of ether oxygens (including phenoxy) is 2. The van der Waals surface area contributed by atoms with Crippen molar-refractivity contribution in [3.05, 3.63) is 29.3 Å². The SMILES string of the molecule is CCOC(=O)CC(C)N1CC(=O)N(C)c2ccc(CCC(=O)NCC(N)C(=O)OC(C)(C)C)cc2C1=O. The number of rotatable bonds is 10. The van der Waals surface area contributed by atoms with E-state index >= 15 is 0 Å². The molecular formula is C26H38N4O7. The van der Waals surface area contributed by atoms with E-state index in [-0.39, 0.29) is 50.3 Å². The Kier molecular flexibility index (Phi) is 10.2. The molecule has 11 nitrogen and oxygen atoms in total. The number of esters is 2. The predicted molar refractivity (Wildman–Crippen MR) is 137 cm³/mol. The summed E-state index contributed by atoms with van der Waals surface area (Å²) in [5.74, 6) is -2.01. The lowest BCUT2D eigenvalue weighted by Crippen LogP contribution is -2.45. The Morgan fingerprint density at radius 1 is 1.19 bits per heavy atom. The molecule has 3 amide bonds. The number of carbonyl (C=O) groups excluding carboxylic acids is 5. The van der Waals surface area contributed by atoms with Crippen molar-refractivity contribution in [3.8, 4) is 0 Å². The largest absolute Gasteiger partial charge is 0.466 e. The Balaban J connectivity index is 2.07. The molecule has 2 rings (SSSR count). The van der Waals surface area contributed by atoms with Crippen LogP contribution in [0.3, 0.4) is 0 Å². The second kappa shape index (κ2) is 12.7. The van der Waals surface area contributed by atoms with E-state index in [4.69, 9.17) is 15.2 Å². The fourth-order valence-corrected chi connectivity index (χ4v) is 3.77. The Morgan fingerprint density at radius 3 is 2.49 bits per heavy atom. The van der Waals surface area contributed by atoms with Crippen molar-refractivity contribution in [3.63, 3.8) is 0 Å². The van der Waals surface area contributed by atoms with E-state index in [1.165, 1.54) is 9.80 Å². The molecule has 0 saturated heterocycles. The number of hydrogen-bond acceptors (Lipinski definition) is 8. The van der Waals surface area contributed by atoms with Crippen LogP contribution < -0.4 is 16.0 Å². The van der Waals surface area contributed by atoms with Gasteiger partial charge in [0, 0.05) is 26.1 Å². The van der Waals surface area contributed by atoms with Gasteiger partial charge in [0.2, 0.25) is 11.8 Å². The van der Waals surface area contributed by atoms with Crippen LogP contribution in [0, 0.1) is 0 Å². The van der Waals surface area contributed by atoms with Crippen LogP contribution in [0.5, 0.6) is 0 Å². The van der Waals surface area contributed by atoms with Crippen LogP contribution in [0.15, 0.2) is 18.2 Å². The highest BCUT2D eigenvalue weighted by Gasteiger charge is 2.33. The molecule has 1 aliphatic rings. The second-order valence-corrected chi connectivity index (χ2v) is 10.0. The van der Waals surface area contributed by atoms with Crippen LogP contribution in [0.1, 0.15) is 63.4 Å². The average Bonchev–Trinajstić information content (AvgIpc) is 2.90. The molecule has 2 unspecified atom stereocenters. The third kappa shape index (κ3) is 8.56. The smallest absolute Gasteiger partial charge is 0.325 e. The third-order valence-electron chi connectivity index (χ3n) is 5.76. The molecule has 1 aliphatic heterocycles. The Labute approximate surface area is 217 Å². The maximum Gasteiger partial charge on any atom is 0.325 e. The molecule has 37 heavy (non-hydrogen) atoms. The summed E-state index contributed by atoms with van der Waals surface area (Å²) < 4.78 is 10.2. The van der Waals surface area contributed by atoms with Gasteiger partial charge < -0.3 is 30.3 Å². The van der Waals surface area contributed by atoms with Gasteiger partial charge in [-0.2, -0.15) is 0 Å². The predicted octanol–water partition coefficient (Wildman–Crippen LogP) is 1.16. The number of carbonyl (C=O) groups is 5. The van der Waals surface area contributed by atoms with Crippen molar-refractivity contribution in [1.82, 2.24) is 10.2 Å². The lowest BCUT2D eigenvalue weighted by Gasteiger charge is -2.26. The quantitative estimate of drug-likeness (QED) is 0.439. The molecule has 0 aliphatic carbocycles. The molecule has 0 saturated carbocycles. The van der Waals surface area contributed by atoms with Gasteiger partial charge in [-0.05, 0) is 58.7 Å². The van der Waals surface area contributed by atoms with Gasteiger partial charge in [0.1, 0.15) is 18.2 Å². The number of nitrogens with zero attached hydrogens (tertiary/aromatic N) is 2. The highest BCUT2D eigenvalue weighted by atomic mass is 16.6. The fourth-order valence-electron chi connectivity index (χ4n) is 3.77. The zero-order chi connectivity index (χ0) is 27.9. The van der Waals surface area contributed by atoms with Gasteiger partial charge in [0.25, 0.3) is 5.91 Å². The van der Waals surface area contributed by atoms with Crippen molar-refractivity contribution < 1.29 is 33.4 Å². The van der Waals surface area contributed by atoms with Crippen LogP contribution in [0.2, 0.25) is 0 Å². The minimum Gasteiger partial charge on any atom is -0.466 e. The summed E-state index contributed by atoms with van der Waals surface area (Å²) in [4.78, 5) is 65.2. The van der Waals surface area contributed by atoms with Gasteiger partial charge >= 0.3 is 11.9 Å². The van der Waals surface area contributed by atoms with Crippen molar-refractivity contribution in [2.75, 3.05) is 31.6 Å². The lowest BCUT2D eigenvalue weighted by molar-refractivity contribution is -0.156. The molecule has 204 valence electrons. The number of hydrogen-bond donors (Lipinski definition) is 2. The molecule has 0 bridgehead atoms. The average molecular weight is 519 g/mol. The number of anilines is 1. The molecule has 11 heteroatoms. The molecule has 0 fully saturated rings.